The highest BCUT2D eigenvalue weighted by atomic mass is 79.9. The molecule has 2 heterocycles. The molecule has 116 valence electrons. The zero-order chi connectivity index (χ0) is 16.6. The van der Waals surface area contributed by atoms with Crippen molar-refractivity contribution in [3.8, 4) is 23.5 Å². The number of nitrogens with one attached hydrogen (secondary N) is 1. The first-order valence-corrected chi connectivity index (χ1v) is 8.65. The number of halogens is 1. The number of benzene rings is 1. The Bertz CT molecular complexity index is 1040. The van der Waals surface area contributed by atoms with Crippen LogP contribution in [-0.4, -0.2) is 9.55 Å². The van der Waals surface area contributed by atoms with Gasteiger partial charge in [-0.1, -0.05) is 40.9 Å². The molecule has 0 atom stereocenters. The van der Waals surface area contributed by atoms with Crippen molar-refractivity contribution < 1.29 is 0 Å². The van der Waals surface area contributed by atoms with E-state index in [1.54, 1.807) is 0 Å². The fourth-order valence-corrected chi connectivity index (χ4v) is 3.97. The largest absolute Gasteiger partial charge is 0.330 e. The molecule has 1 aromatic carbocycles. The maximum absolute atomic E-state index is 12.8. The standard InChI is InChI=1S/C17H13BrN2O2S/c1-3-9-20-16(21)14-13(10-5-7-11(18)8-6-10)12(4-2)23-15(14)19-17(20)22/h1,5-8H,4,9H2,2H3,(H,19,22). The first-order chi connectivity index (χ1) is 11.1. The molecule has 0 unspecified atom stereocenters. The van der Waals surface area contributed by atoms with Gasteiger partial charge in [-0.3, -0.25) is 9.78 Å². The minimum Gasteiger partial charge on any atom is -0.298 e. The molecule has 0 aliphatic heterocycles. The number of terminal acetylenes is 1. The van der Waals surface area contributed by atoms with E-state index in [0.29, 0.717) is 10.2 Å². The maximum Gasteiger partial charge on any atom is 0.330 e. The minimum atomic E-state index is -0.466. The van der Waals surface area contributed by atoms with Crippen molar-refractivity contribution in [2.75, 3.05) is 0 Å². The molecule has 4 nitrogen and oxygen atoms in total. The predicted octanol–water partition coefficient (Wildman–Crippen LogP) is 3.38. The first kappa shape index (κ1) is 15.8. The zero-order valence-electron chi connectivity index (χ0n) is 12.4. The number of thiophene rings is 1. The molecule has 0 amide bonds. The van der Waals surface area contributed by atoms with Gasteiger partial charge in [0, 0.05) is 14.9 Å². The Hall–Kier alpha value is -2.10. The van der Waals surface area contributed by atoms with Crippen molar-refractivity contribution in [2.24, 2.45) is 0 Å². The van der Waals surface area contributed by atoms with E-state index in [2.05, 4.69) is 26.8 Å². The average molecular weight is 389 g/mol. The van der Waals surface area contributed by atoms with Crippen molar-refractivity contribution in [1.82, 2.24) is 9.55 Å². The lowest BCUT2D eigenvalue weighted by Crippen LogP contribution is -2.34. The van der Waals surface area contributed by atoms with Crippen LogP contribution in [0.1, 0.15) is 11.8 Å². The Labute approximate surface area is 144 Å². The summed E-state index contributed by atoms with van der Waals surface area (Å²) in [4.78, 5) is 29.3. The lowest BCUT2D eigenvalue weighted by Gasteiger charge is -2.05. The van der Waals surface area contributed by atoms with E-state index in [-0.39, 0.29) is 12.1 Å². The van der Waals surface area contributed by atoms with E-state index >= 15 is 0 Å². The summed E-state index contributed by atoms with van der Waals surface area (Å²) < 4.78 is 2.04. The Morgan fingerprint density at radius 1 is 1.30 bits per heavy atom. The number of aromatic nitrogens is 2. The van der Waals surface area contributed by atoms with Crippen molar-refractivity contribution >= 4 is 37.5 Å². The molecular weight excluding hydrogens is 376 g/mol. The van der Waals surface area contributed by atoms with Crippen LogP contribution in [-0.2, 0) is 13.0 Å². The number of fused-ring (bicyclic) bond motifs is 1. The van der Waals surface area contributed by atoms with Crippen LogP contribution in [0.2, 0.25) is 0 Å². The third-order valence-electron chi connectivity index (χ3n) is 3.61. The van der Waals surface area contributed by atoms with Gasteiger partial charge in [-0.2, -0.15) is 0 Å². The molecule has 3 rings (SSSR count). The van der Waals surface area contributed by atoms with Gasteiger partial charge in [-0.15, -0.1) is 17.8 Å². The van der Waals surface area contributed by atoms with E-state index in [1.165, 1.54) is 11.3 Å². The van der Waals surface area contributed by atoms with E-state index < -0.39 is 5.69 Å². The number of H-pyrrole nitrogens is 1. The molecular formula is C17H13BrN2O2S. The molecule has 0 aliphatic rings. The van der Waals surface area contributed by atoms with Crippen LogP contribution in [0.25, 0.3) is 21.3 Å². The van der Waals surface area contributed by atoms with Crippen LogP contribution in [0.3, 0.4) is 0 Å². The highest BCUT2D eigenvalue weighted by Crippen LogP contribution is 2.36. The van der Waals surface area contributed by atoms with E-state index in [1.807, 2.05) is 31.2 Å². The maximum atomic E-state index is 12.8. The first-order valence-electron chi connectivity index (χ1n) is 7.04. The summed E-state index contributed by atoms with van der Waals surface area (Å²) in [5, 5.41) is 0.532. The van der Waals surface area contributed by atoms with Gasteiger partial charge in [-0.25, -0.2) is 9.36 Å². The molecule has 1 N–H and O–H groups in total. The smallest absolute Gasteiger partial charge is 0.298 e. The van der Waals surface area contributed by atoms with Crippen LogP contribution in [0.4, 0.5) is 0 Å². The minimum absolute atomic E-state index is 0.0405. The Balaban J connectivity index is 2.42. The molecule has 23 heavy (non-hydrogen) atoms. The van der Waals surface area contributed by atoms with Crippen LogP contribution in [0, 0.1) is 12.3 Å². The highest BCUT2D eigenvalue weighted by Gasteiger charge is 2.18. The van der Waals surface area contributed by atoms with E-state index in [4.69, 9.17) is 6.42 Å². The summed E-state index contributed by atoms with van der Waals surface area (Å²) in [7, 11) is 0. The summed E-state index contributed by atoms with van der Waals surface area (Å²) in [5.41, 5.74) is 1.03. The van der Waals surface area contributed by atoms with E-state index in [9.17, 15) is 9.59 Å². The highest BCUT2D eigenvalue weighted by molar-refractivity contribution is 9.10. The molecule has 0 bridgehead atoms. The fourth-order valence-electron chi connectivity index (χ4n) is 2.57. The molecule has 0 fully saturated rings. The van der Waals surface area contributed by atoms with Crippen LogP contribution >= 0.6 is 27.3 Å². The Morgan fingerprint density at radius 3 is 2.61 bits per heavy atom. The van der Waals surface area contributed by atoms with Gasteiger partial charge in [0.25, 0.3) is 5.56 Å². The predicted molar refractivity (Wildman–Crippen MR) is 98.1 cm³/mol. The fraction of sp³-hybridized carbons (Fsp3) is 0.176. The summed E-state index contributed by atoms with van der Waals surface area (Å²) in [6.45, 7) is 1.99. The summed E-state index contributed by atoms with van der Waals surface area (Å²) in [6.07, 6.45) is 6.05. The summed E-state index contributed by atoms with van der Waals surface area (Å²) in [5.74, 6) is 2.36. The van der Waals surface area contributed by atoms with Crippen molar-refractivity contribution in [2.45, 2.75) is 19.9 Å². The molecule has 6 heteroatoms. The summed E-state index contributed by atoms with van der Waals surface area (Å²) in [6, 6.07) is 7.79. The third kappa shape index (κ3) is 2.67. The molecule has 0 saturated carbocycles. The van der Waals surface area contributed by atoms with Gasteiger partial charge < -0.3 is 0 Å². The number of aromatic amines is 1. The molecule has 0 saturated heterocycles. The van der Waals surface area contributed by atoms with Gasteiger partial charge in [0.15, 0.2) is 0 Å². The number of hydrogen-bond acceptors (Lipinski definition) is 3. The van der Waals surface area contributed by atoms with Crippen LogP contribution < -0.4 is 11.2 Å². The normalized spacial score (nSPS) is 10.8. The SMILES string of the molecule is C#CCn1c(=O)[nH]c2sc(CC)c(-c3ccc(Br)cc3)c2c1=O. The van der Waals surface area contributed by atoms with Gasteiger partial charge >= 0.3 is 5.69 Å². The Kier molecular flexibility index (Phi) is 4.24. The second kappa shape index (κ2) is 6.19. The number of hydrogen-bond donors (Lipinski definition) is 1. The average Bonchev–Trinajstić information content (AvgIpc) is 2.90. The van der Waals surface area contributed by atoms with Gasteiger partial charge in [0.1, 0.15) is 4.83 Å². The monoisotopic (exact) mass is 388 g/mol. The number of nitrogens with zero attached hydrogens (tertiary/aromatic N) is 1. The van der Waals surface area contributed by atoms with Crippen LogP contribution in [0.5, 0.6) is 0 Å². The molecule has 0 aliphatic carbocycles. The number of aryl methyl sites for hydroxylation is 1. The Morgan fingerprint density at radius 2 is 2.00 bits per heavy atom. The van der Waals surface area contributed by atoms with Gasteiger partial charge in [0.2, 0.25) is 0 Å². The lowest BCUT2D eigenvalue weighted by molar-refractivity contribution is 0.743. The second-order valence-electron chi connectivity index (χ2n) is 4.99. The molecule has 2 aromatic heterocycles. The molecule has 0 spiro atoms. The van der Waals surface area contributed by atoms with Crippen LogP contribution in [0.15, 0.2) is 38.3 Å². The van der Waals surface area contributed by atoms with E-state index in [0.717, 1.165) is 31.5 Å². The number of rotatable bonds is 3. The lowest BCUT2D eigenvalue weighted by atomic mass is 10.0. The topological polar surface area (TPSA) is 54.9 Å². The van der Waals surface area contributed by atoms with Crippen molar-refractivity contribution in [1.29, 1.82) is 0 Å². The third-order valence-corrected chi connectivity index (χ3v) is 5.39. The quantitative estimate of drug-likeness (QED) is 0.699. The van der Waals surface area contributed by atoms with Gasteiger partial charge in [0.05, 0.1) is 11.9 Å². The van der Waals surface area contributed by atoms with Crippen molar-refractivity contribution in [3.63, 3.8) is 0 Å². The summed E-state index contributed by atoms with van der Waals surface area (Å²) >= 11 is 4.86. The second-order valence-corrected chi connectivity index (χ2v) is 7.01. The molecule has 0 radical (unpaired) electrons. The van der Waals surface area contributed by atoms with Gasteiger partial charge in [-0.05, 0) is 24.1 Å². The molecule has 3 aromatic rings. The zero-order valence-corrected chi connectivity index (χ0v) is 14.8. The van der Waals surface area contributed by atoms with Crippen molar-refractivity contribution in [3.05, 3.63) is 54.5 Å².